The molecule has 13 heteroatoms. The molecule has 9 nitrogen and oxygen atoms in total. The van der Waals surface area contributed by atoms with E-state index in [1.165, 1.54) is 41.1 Å². The molecule has 0 saturated carbocycles. The number of sulfonamides is 1. The van der Waals surface area contributed by atoms with Gasteiger partial charge in [-0.05, 0) is 31.2 Å². The van der Waals surface area contributed by atoms with Crippen LogP contribution in [0.15, 0.2) is 69.1 Å². The second kappa shape index (κ2) is 7.42. The number of amides is 1. The third-order valence-corrected chi connectivity index (χ3v) is 6.58. The Balaban J connectivity index is 2.02. The molecule has 0 fully saturated rings. The third-order valence-electron chi connectivity index (χ3n) is 5.12. The molecule has 0 radical (unpaired) electrons. The van der Waals surface area contributed by atoms with E-state index in [0.717, 1.165) is 12.1 Å². The first-order valence-electron chi connectivity index (χ1n) is 9.32. The van der Waals surface area contributed by atoms with Gasteiger partial charge in [-0.25, -0.2) is 17.8 Å². The van der Waals surface area contributed by atoms with Crippen LogP contribution in [0, 0.1) is 6.92 Å². The summed E-state index contributed by atoms with van der Waals surface area (Å²) in [5.74, 6) is -2.66. The number of nitrogens with zero attached hydrogens (tertiary/aromatic N) is 1. The summed E-state index contributed by atoms with van der Waals surface area (Å²) in [5, 5.41) is 1.88. The number of aromatic amines is 1. The summed E-state index contributed by atoms with van der Waals surface area (Å²) in [4.78, 5) is 39.0. The van der Waals surface area contributed by atoms with E-state index in [4.69, 9.17) is 0 Å². The van der Waals surface area contributed by atoms with E-state index in [0.29, 0.717) is 10.1 Å². The highest BCUT2D eigenvalue weighted by Crippen LogP contribution is 2.46. The van der Waals surface area contributed by atoms with Crippen molar-refractivity contribution in [1.82, 2.24) is 14.3 Å². The van der Waals surface area contributed by atoms with E-state index in [1.54, 1.807) is 18.0 Å². The summed E-state index contributed by atoms with van der Waals surface area (Å²) in [6.45, 7) is 1.64. The molecule has 3 aromatic rings. The van der Waals surface area contributed by atoms with Crippen molar-refractivity contribution in [3.05, 3.63) is 86.6 Å². The van der Waals surface area contributed by atoms with Gasteiger partial charge in [0.1, 0.15) is 5.82 Å². The van der Waals surface area contributed by atoms with Crippen molar-refractivity contribution >= 4 is 21.7 Å². The van der Waals surface area contributed by atoms with E-state index >= 15 is 0 Å². The first-order valence-corrected chi connectivity index (χ1v) is 10.8. The van der Waals surface area contributed by atoms with Gasteiger partial charge in [-0.15, -0.1) is 0 Å². The van der Waals surface area contributed by atoms with Crippen molar-refractivity contribution in [2.24, 2.45) is 0 Å². The Bertz CT molecular complexity index is 1480. The first-order chi connectivity index (χ1) is 15.4. The lowest BCUT2D eigenvalue weighted by Crippen LogP contribution is -2.61. The molecule has 0 saturated heterocycles. The topological polar surface area (TPSA) is 130 Å². The Labute approximate surface area is 183 Å². The van der Waals surface area contributed by atoms with Crippen molar-refractivity contribution in [3.8, 4) is 5.69 Å². The van der Waals surface area contributed by atoms with Crippen LogP contribution in [0.1, 0.15) is 11.1 Å². The van der Waals surface area contributed by atoms with Crippen LogP contribution in [0.4, 0.5) is 19.0 Å². The second-order valence-corrected chi connectivity index (χ2v) is 8.96. The van der Waals surface area contributed by atoms with Gasteiger partial charge in [0.2, 0.25) is 15.6 Å². The van der Waals surface area contributed by atoms with Crippen LogP contribution in [-0.2, 0) is 20.4 Å². The van der Waals surface area contributed by atoms with Crippen molar-refractivity contribution in [3.63, 3.8) is 0 Å². The molecular weight excluding hydrogens is 465 g/mol. The van der Waals surface area contributed by atoms with Gasteiger partial charge in [-0.3, -0.25) is 14.6 Å². The fourth-order valence-electron chi connectivity index (χ4n) is 3.54. The molecule has 2 heterocycles. The number of fused-ring (bicyclic) bond motifs is 1. The molecule has 0 spiro atoms. The van der Waals surface area contributed by atoms with Gasteiger partial charge in [0.25, 0.3) is 11.5 Å². The maximum atomic E-state index is 14.4. The molecule has 1 aliphatic heterocycles. The van der Waals surface area contributed by atoms with Gasteiger partial charge in [-0.2, -0.15) is 17.9 Å². The van der Waals surface area contributed by atoms with Gasteiger partial charge in [0, 0.05) is 0 Å². The number of nitrogens with one attached hydrogen (secondary N) is 3. The number of para-hydroxylation sites is 1. The minimum atomic E-state index is -5.59. The maximum absolute atomic E-state index is 14.4. The number of hydrogen-bond acceptors (Lipinski definition) is 5. The molecule has 172 valence electrons. The van der Waals surface area contributed by atoms with E-state index in [2.05, 4.69) is 0 Å². The SMILES string of the molecule is Cc1ccc(S(=O)(=O)N[C@]2(C(F)(F)F)C(=O)Nc3c2c(=O)[nH]c(=O)n3-c2ccccc2)cc1. The van der Waals surface area contributed by atoms with E-state index in [1.807, 2.05) is 5.32 Å². The van der Waals surface area contributed by atoms with Crippen LogP contribution >= 0.6 is 0 Å². The lowest BCUT2D eigenvalue weighted by Gasteiger charge is -2.29. The highest BCUT2D eigenvalue weighted by molar-refractivity contribution is 7.89. The van der Waals surface area contributed by atoms with Crippen molar-refractivity contribution in [2.75, 3.05) is 5.32 Å². The van der Waals surface area contributed by atoms with E-state index in [9.17, 15) is 36.0 Å². The highest BCUT2D eigenvalue weighted by Gasteiger charge is 2.69. The number of carbonyl (C=O) groups excluding carboxylic acids is 1. The zero-order valence-electron chi connectivity index (χ0n) is 16.7. The number of carbonyl (C=O) groups is 1. The van der Waals surface area contributed by atoms with E-state index < -0.39 is 55.2 Å². The first kappa shape index (κ1) is 22.5. The van der Waals surface area contributed by atoms with Crippen LogP contribution < -0.4 is 21.3 Å². The summed E-state index contributed by atoms with van der Waals surface area (Å²) in [6, 6.07) is 12.1. The average molecular weight is 480 g/mol. The van der Waals surface area contributed by atoms with Crippen molar-refractivity contribution in [1.29, 1.82) is 0 Å². The number of alkyl halides is 3. The van der Waals surface area contributed by atoms with Crippen molar-refractivity contribution < 1.29 is 26.4 Å². The maximum Gasteiger partial charge on any atom is 0.421 e. The zero-order valence-corrected chi connectivity index (χ0v) is 17.5. The van der Waals surface area contributed by atoms with Gasteiger partial charge in [0.15, 0.2) is 0 Å². The van der Waals surface area contributed by atoms with Gasteiger partial charge >= 0.3 is 11.9 Å². The number of rotatable bonds is 4. The summed E-state index contributed by atoms with van der Waals surface area (Å²) in [6.07, 6.45) is -5.59. The average Bonchev–Trinajstić information content (AvgIpc) is 3.01. The molecule has 4 rings (SSSR count). The molecule has 2 aromatic carbocycles. The lowest BCUT2D eigenvalue weighted by molar-refractivity contribution is -0.194. The molecular formula is C20H15F3N4O5S. The molecule has 33 heavy (non-hydrogen) atoms. The highest BCUT2D eigenvalue weighted by atomic mass is 32.2. The fourth-order valence-corrected chi connectivity index (χ4v) is 4.87. The minimum Gasteiger partial charge on any atom is -0.309 e. The third kappa shape index (κ3) is 3.45. The standard InChI is InChI=1S/C20H15F3N4O5S/c1-11-7-9-13(10-8-11)33(31,32)26-19(20(21,22)23)14-15(24-17(19)29)27(18(30)25-16(14)28)12-5-3-2-4-6-12/h2-10,26H,1H3,(H,24,29)(H,25,28,30)/t19-/m0/s1. The molecule has 0 unspecified atom stereocenters. The summed E-state index contributed by atoms with van der Waals surface area (Å²) in [7, 11) is -4.95. The molecule has 1 aromatic heterocycles. The summed E-state index contributed by atoms with van der Waals surface area (Å²) >= 11 is 0. The van der Waals surface area contributed by atoms with Crippen molar-refractivity contribution in [2.45, 2.75) is 23.5 Å². The van der Waals surface area contributed by atoms with Crippen LogP contribution in [-0.4, -0.2) is 30.1 Å². The second-order valence-electron chi connectivity index (χ2n) is 7.27. The Morgan fingerprint density at radius 3 is 2.15 bits per heavy atom. The molecule has 1 aliphatic rings. The molecule has 1 amide bonds. The number of H-pyrrole nitrogens is 1. The predicted octanol–water partition coefficient (Wildman–Crippen LogP) is 1.52. The predicted molar refractivity (Wildman–Crippen MR) is 111 cm³/mol. The van der Waals surface area contributed by atoms with Gasteiger partial charge < -0.3 is 5.32 Å². The Morgan fingerprint density at radius 2 is 1.58 bits per heavy atom. The largest absolute Gasteiger partial charge is 0.421 e. The fraction of sp³-hybridized carbons (Fsp3) is 0.150. The molecule has 0 aliphatic carbocycles. The van der Waals surface area contributed by atoms with Crippen LogP contribution in [0.25, 0.3) is 5.69 Å². The van der Waals surface area contributed by atoms with Gasteiger partial charge in [0.05, 0.1) is 16.1 Å². The number of hydrogen-bond donors (Lipinski definition) is 3. The molecule has 3 N–H and O–H groups in total. The number of halogens is 3. The van der Waals surface area contributed by atoms with Crippen LogP contribution in [0.3, 0.4) is 0 Å². The summed E-state index contributed by atoms with van der Waals surface area (Å²) < 4.78 is 71.1. The molecule has 1 atom stereocenters. The smallest absolute Gasteiger partial charge is 0.309 e. The Morgan fingerprint density at radius 1 is 0.970 bits per heavy atom. The summed E-state index contributed by atoms with van der Waals surface area (Å²) in [5.41, 5.74) is -7.28. The Hall–Kier alpha value is -3.71. The monoisotopic (exact) mass is 480 g/mol. The number of aryl methyl sites for hydroxylation is 1. The van der Waals surface area contributed by atoms with Crippen LogP contribution in [0.5, 0.6) is 0 Å². The number of aromatic nitrogens is 2. The minimum absolute atomic E-state index is 0.0367. The zero-order chi connectivity index (χ0) is 24.2. The Kier molecular flexibility index (Phi) is 5.05. The normalized spacial score (nSPS) is 18.1. The lowest BCUT2D eigenvalue weighted by atomic mass is 9.93. The van der Waals surface area contributed by atoms with Gasteiger partial charge in [-0.1, -0.05) is 35.9 Å². The van der Waals surface area contributed by atoms with E-state index in [-0.39, 0.29) is 5.69 Å². The molecule has 0 bridgehead atoms. The quantitative estimate of drug-likeness (QED) is 0.521. The number of anilines is 1. The number of benzene rings is 2. The van der Waals surface area contributed by atoms with Crippen LogP contribution in [0.2, 0.25) is 0 Å².